The van der Waals surface area contributed by atoms with Crippen molar-refractivity contribution in [2.45, 2.75) is 33.2 Å². The number of hydrogen-bond donors (Lipinski definition) is 2. The van der Waals surface area contributed by atoms with Crippen molar-refractivity contribution in [3.8, 4) is 0 Å². The minimum absolute atomic E-state index is 0.0482. The highest BCUT2D eigenvalue weighted by Gasteiger charge is 2.13. The van der Waals surface area contributed by atoms with Gasteiger partial charge in [-0.15, -0.1) is 0 Å². The zero-order valence-electron chi connectivity index (χ0n) is 8.27. The molecular formula is C9H18N2O. The standard InChI is InChI=1S/C9H18N2O/c1-7(5-6-10)8(12)11-9(2,3)4/h5H,6,10H2,1-4H3,(H,11,12)/b7-5+. The molecule has 70 valence electrons. The third-order valence-corrected chi connectivity index (χ3v) is 1.27. The van der Waals surface area contributed by atoms with Gasteiger partial charge < -0.3 is 11.1 Å². The van der Waals surface area contributed by atoms with Crippen molar-refractivity contribution < 1.29 is 4.79 Å². The van der Waals surface area contributed by atoms with E-state index in [0.717, 1.165) is 0 Å². The van der Waals surface area contributed by atoms with E-state index in [-0.39, 0.29) is 11.4 Å². The van der Waals surface area contributed by atoms with Crippen LogP contribution >= 0.6 is 0 Å². The first-order valence-corrected chi connectivity index (χ1v) is 4.06. The van der Waals surface area contributed by atoms with E-state index in [2.05, 4.69) is 5.32 Å². The molecule has 0 radical (unpaired) electrons. The monoisotopic (exact) mass is 170 g/mol. The molecule has 0 aliphatic rings. The van der Waals surface area contributed by atoms with E-state index in [1.54, 1.807) is 13.0 Å². The first-order chi connectivity index (χ1) is 5.37. The Hall–Kier alpha value is -0.830. The third-order valence-electron chi connectivity index (χ3n) is 1.27. The molecule has 0 aromatic rings. The molecule has 0 aromatic carbocycles. The lowest BCUT2D eigenvalue weighted by Gasteiger charge is -2.20. The summed E-state index contributed by atoms with van der Waals surface area (Å²) < 4.78 is 0. The molecule has 0 aliphatic carbocycles. The fourth-order valence-corrected chi connectivity index (χ4v) is 0.709. The smallest absolute Gasteiger partial charge is 0.247 e. The van der Waals surface area contributed by atoms with Gasteiger partial charge in [-0.1, -0.05) is 6.08 Å². The Kier molecular flexibility index (Phi) is 3.96. The fourth-order valence-electron chi connectivity index (χ4n) is 0.709. The van der Waals surface area contributed by atoms with Crippen LogP contribution in [0.5, 0.6) is 0 Å². The molecule has 0 aromatic heterocycles. The molecule has 3 heteroatoms. The first-order valence-electron chi connectivity index (χ1n) is 4.06. The molecule has 0 heterocycles. The van der Waals surface area contributed by atoms with Crippen LogP contribution in [0.4, 0.5) is 0 Å². The Bertz CT molecular complexity index is 189. The molecule has 0 bridgehead atoms. The maximum Gasteiger partial charge on any atom is 0.247 e. The normalized spacial score (nSPS) is 12.9. The van der Waals surface area contributed by atoms with Crippen molar-refractivity contribution in [2.75, 3.05) is 6.54 Å². The van der Waals surface area contributed by atoms with Crippen molar-refractivity contribution in [1.29, 1.82) is 0 Å². The minimum Gasteiger partial charge on any atom is -0.348 e. The zero-order valence-corrected chi connectivity index (χ0v) is 8.27. The maximum absolute atomic E-state index is 11.3. The van der Waals surface area contributed by atoms with Crippen LogP contribution in [0.15, 0.2) is 11.6 Å². The number of amides is 1. The summed E-state index contributed by atoms with van der Waals surface area (Å²) in [6.07, 6.45) is 1.71. The van der Waals surface area contributed by atoms with Gasteiger partial charge in [0, 0.05) is 17.7 Å². The fraction of sp³-hybridized carbons (Fsp3) is 0.667. The molecule has 0 saturated carbocycles. The van der Waals surface area contributed by atoms with E-state index >= 15 is 0 Å². The van der Waals surface area contributed by atoms with Crippen LogP contribution in [-0.2, 0) is 4.79 Å². The van der Waals surface area contributed by atoms with Crippen molar-refractivity contribution in [3.05, 3.63) is 11.6 Å². The predicted molar refractivity (Wildman–Crippen MR) is 50.7 cm³/mol. The molecule has 0 atom stereocenters. The van der Waals surface area contributed by atoms with Gasteiger partial charge in [-0.25, -0.2) is 0 Å². The molecule has 3 nitrogen and oxygen atoms in total. The quantitative estimate of drug-likeness (QED) is 0.602. The van der Waals surface area contributed by atoms with Crippen LogP contribution in [-0.4, -0.2) is 18.0 Å². The van der Waals surface area contributed by atoms with E-state index < -0.39 is 0 Å². The van der Waals surface area contributed by atoms with Crippen LogP contribution in [0, 0.1) is 0 Å². The van der Waals surface area contributed by atoms with Gasteiger partial charge in [-0.2, -0.15) is 0 Å². The van der Waals surface area contributed by atoms with Gasteiger partial charge in [-0.05, 0) is 27.7 Å². The highest BCUT2D eigenvalue weighted by molar-refractivity contribution is 5.93. The third kappa shape index (κ3) is 4.91. The topological polar surface area (TPSA) is 55.1 Å². The Morgan fingerprint density at radius 1 is 1.50 bits per heavy atom. The Balaban J connectivity index is 4.15. The van der Waals surface area contributed by atoms with Crippen molar-refractivity contribution >= 4 is 5.91 Å². The molecule has 0 aliphatic heterocycles. The Morgan fingerprint density at radius 3 is 2.33 bits per heavy atom. The summed E-state index contributed by atoms with van der Waals surface area (Å²) in [5.74, 6) is -0.0482. The molecule has 0 saturated heterocycles. The predicted octanol–water partition coefficient (Wildman–Crippen LogP) is 0.806. The van der Waals surface area contributed by atoms with E-state index in [4.69, 9.17) is 5.73 Å². The van der Waals surface area contributed by atoms with Gasteiger partial charge >= 0.3 is 0 Å². The molecular weight excluding hydrogens is 152 g/mol. The van der Waals surface area contributed by atoms with Crippen LogP contribution in [0.3, 0.4) is 0 Å². The zero-order chi connectivity index (χ0) is 9.78. The van der Waals surface area contributed by atoms with Crippen molar-refractivity contribution in [1.82, 2.24) is 5.32 Å². The van der Waals surface area contributed by atoms with Crippen LogP contribution < -0.4 is 11.1 Å². The molecule has 3 N–H and O–H groups in total. The van der Waals surface area contributed by atoms with Crippen molar-refractivity contribution in [3.63, 3.8) is 0 Å². The summed E-state index contributed by atoms with van der Waals surface area (Å²) in [5.41, 5.74) is 5.77. The minimum atomic E-state index is -0.180. The Labute approximate surface area is 74.0 Å². The summed E-state index contributed by atoms with van der Waals surface area (Å²) in [4.78, 5) is 11.3. The number of carbonyl (C=O) groups is 1. The average Bonchev–Trinajstić information content (AvgIpc) is 1.84. The SMILES string of the molecule is C/C(=C\CN)C(=O)NC(C)(C)C. The van der Waals surface area contributed by atoms with Gasteiger partial charge in [0.1, 0.15) is 0 Å². The largest absolute Gasteiger partial charge is 0.348 e. The second-order valence-electron chi connectivity index (χ2n) is 3.83. The van der Waals surface area contributed by atoms with Crippen LogP contribution in [0.25, 0.3) is 0 Å². The second kappa shape index (κ2) is 4.26. The molecule has 12 heavy (non-hydrogen) atoms. The first kappa shape index (κ1) is 11.2. The van der Waals surface area contributed by atoms with Gasteiger partial charge in [0.15, 0.2) is 0 Å². The number of nitrogens with two attached hydrogens (primary N) is 1. The van der Waals surface area contributed by atoms with Crippen LogP contribution in [0.2, 0.25) is 0 Å². The lowest BCUT2D eigenvalue weighted by atomic mass is 10.1. The average molecular weight is 170 g/mol. The lowest BCUT2D eigenvalue weighted by molar-refractivity contribution is -0.118. The van der Waals surface area contributed by atoms with Gasteiger partial charge in [0.25, 0.3) is 0 Å². The van der Waals surface area contributed by atoms with Crippen LogP contribution in [0.1, 0.15) is 27.7 Å². The Morgan fingerprint density at radius 2 is 2.00 bits per heavy atom. The summed E-state index contributed by atoms with van der Waals surface area (Å²) in [6, 6.07) is 0. The summed E-state index contributed by atoms with van der Waals surface area (Å²) >= 11 is 0. The number of rotatable bonds is 2. The molecule has 0 unspecified atom stereocenters. The molecule has 0 spiro atoms. The second-order valence-corrected chi connectivity index (χ2v) is 3.83. The summed E-state index contributed by atoms with van der Waals surface area (Å²) in [7, 11) is 0. The number of nitrogens with one attached hydrogen (secondary N) is 1. The highest BCUT2D eigenvalue weighted by atomic mass is 16.1. The van der Waals surface area contributed by atoms with E-state index in [9.17, 15) is 4.79 Å². The molecule has 0 fully saturated rings. The van der Waals surface area contributed by atoms with E-state index in [0.29, 0.717) is 12.1 Å². The summed E-state index contributed by atoms with van der Waals surface area (Å²) in [5, 5.41) is 2.84. The van der Waals surface area contributed by atoms with Gasteiger partial charge in [0.05, 0.1) is 0 Å². The number of carbonyl (C=O) groups excluding carboxylic acids is 1. The van der Waals surface area contributed by atoms with Gasteiger partial charge in [-0.3, -0.25) is 4.79 Å². The van der Waals surface area contributed by atoms with Crippen molar-refractivity contribution in [2.24, 2.45) is 5.73 Å². The highest BCUT2D eigenvalue weighted by Crippen LogP contribution is 2.01. The van der Waals surface area contributed by atoms with Gasteiger partial charge in [0.2, 0.25) is 5.91 Å². The lowest BCUT2D eigenvalue weighted by Crippen LogP contribution is -2.41. The van der Waals surface area contributed by atoms with E-state index in [1.165, 1.54) is 0 Å². The number of hydrogen-bond acceptors (Lipinski definition) is 2. The molecule has 0 rings (SSSR count). The molecule has 1 amide bonds. The van der Waals surface area contributed by atoms with E-state index in [1.807, 2.05) is 20.8 Å². The summed E-state index contributed by atoms with van der Waals surface area (Å²) in [6.45, 7) is 8.00. The maximum atomic E-state index is 11.3.